The second-order valence-electron chi connectivity index (χ2n) is 7.85. The highest BCUT2D eigenvalue weighted by atomic mass is 19.1. The Labute approximate surface area is 168 Å². The minimum atomic E-state index is -0.465. The van der Waals surface area contributed by atoms with E-state index in [1.165, 1.54) is 24.3 Å². The first-order chi connectivity index (χ1) is 14.0. The lowest BCUT2D eigenvalue weighted by Crippen LogP contribution is -2.47. The van der Waals surface area contributed by atoms with Crippen LogP contribution in [-0.4, -0.2) is 38.9 Å². The average molecular weight is 395 g/mol. The van der Waals surface area contributed by atoms with E-state index in [1.54, 1.807) is 7.11 Å². The molecule has 5 nitrogen and oxygen atoms in total. The molecule has 29 heavy (non-hydrogen) atoms. The number of carbonyl (C=O) groups excluding carboxylic acids is 1. The fourth-order valence-electron chi connectivity index (χ4n) is 4.75. The summed E-state index contributed by atoms with van der Waals surface area (Å²) in [7, 11) is 3.73. The molecule has 3 aliphatic rings. The summed E-state index contributed by atoms with van der Waals surface area (Å²) < 4.78 is 30.7. The number of methoxy groups -OCH3 is 1. The number of anilines is 1. The van der Waals surface area contributed by atoms with Crippen molar-refractivity contribution >= 4 is 11.7 Å². The number of nitrogens with zero attached hydrogens (tertiary/aromatic N) is 1. The van der Waals surface area contributed by atoms with Crippen molar-refractivity contribution in [3.05, 3.63) is 65.5 Å². The van der Waals surface area contributed by atoms with Crippen molar-refractivity contribution in [2.45, 2.75) is 30.5 Å². The number of hydrogen-bond donors (Lipinski definition) is 0. The van der Waals surface area contributed by atoms with Crippen molar-refractivity contribution < 1.29 is 23.4 Å². The summed E-state index contributed by atoms with van der Waals surface area (Å²) >= 11 is 0. The van der Waals surface area contributed by atoms with Crippen LogP contribution in [0.2, 0.25) is 0 Å². The van der Waals surface area contributed by atoms with Crippen molar-refractivity contribution in [3.63, 3.8) is 0 Å². The van der Waals surface area contributed by atoms with Crippen molar-refractivity contribution in [3.8, 4) is 11.5 Å². The quantitative estimate of drug-likeness (QED) is 0.584. The van der Waals surface area contributed by atoms with Crippen molar-refractivity contribution in [1.82, 2.24) is 0 Å². The second kappa shape index (κ2) is 6.51. The number of ether oxygens (including phenoxy) is 3. The molecule has 0 N–H and O–H groups in total. The van der Waals surface area contributed by atoms with Crippen LogP contribution in [0.15, 0.2) is 48.6 Å². The monoisotopic (exact) mass is 395 g/mol. The van der Waals surface area contributed by atoms with Crippen LogP contribution in [0.25, 0.3) is 0 Å². The zero-order valence-corrected chi connectivity index (χ0v) is 16.4. The minimum Gasteiger partial charge on any atom is -0.493 e. The van der Waals surface area contributed by atoms with E-state index in [-0.39, 0.29) is 17.3 Å². The first kappa shape index (κ1) is 18.0. The molecular weight excluding hydrogens is 373 g/mol. The van der Waals surface area contributed by atoms with Crippen LogP contribution in [0, 0.1) is 5.82 Å². The predicted molar refractivity (Wildman–Crippen MR) is 106 cm³/mol. The lowest BCUT2D eigenvalue weighted by atomic mass is 9.67. The molecule has 6 heteroatoms. The van der Waals surface area contributed by atoms with Crippen LogP contribution in [0.4, 0.5) is 10.1 Å². The van der Waals surface area contributed by atoms with Crippen molar-refractivity contribution in [2.75, 3.05) is 25.6 Å². The number of rotatable bonds is 3. The maximum atomic E-state index is 13.1. The zero-order chi connectivity index (χ0) is 20.2. The highest BCUT2D eigenvalue weighted by Crippen LogP contribution is 2.58. The van der Waals surface area contributed by atoms with Gasteiger partial charge in [0, 0.05) is 31.3 Å². The summed E-state index contributed by atoms with van der Waals surface area (Å²) in [6.45, 7) is 0.920. The third-order valence-electron chi connectivity index (χ3n) is 6.28. The van der Waals surface area contributed by atoms with E-state index in [2.05, 4.69) is 24.1 Å². The van der Waals surface area contributed by atoms with Gasteiger partial charge in [0.25, 0.3) is 0 Å². The summed E-state index contributed by atoms with van der Waals surface area (Å²) in [5, 5.41) is 0. The van der Waals surface area contributed by atoms with Crippen LogP contribution in [0.5, 0.6) is 11.5 Å². The van der Waals surface area contributed by atoms with Gasteiger partial charge in [-0.1, -0.05) is 6.08 Å². The Bertz CT molecular complexity index is 1000. The van der Waals surface area contributed by atoms with Gasteiger partial charge in [-0.3, -0.25) is 0 Å². The summed E-state index contributed by atoms with van der Waals surface area (Å²) in [6, 6.07) is 9.40. The van der Waals surface area contributed by atoms with Crippen LogP contribution in [0.1, 0.15) is 28.8 Å². The number of carbonyl (C=O) groups is 1. The molecule has 0 amide bonds. The molecule has 2 heterocycles. The van der Waals surface area contributed by atoms with Gasteiger partial charge < -0.3 is 19.1 Å². The fourth-order valence-corrected chi connectivity index (χ4v) is 4.75. The smallest absolute Gasteiger partial charge is 0.338 e. The first-order valence-corrected chi connectivity index (χ1v) is 9.77. The van der Waals surface area contributed by atoms with Crippen molar-refractivity contribution in [2.24, 2.45) is 0 Å². The first-order valence-electron chi connectivity index (χ1n) is 9.77. The van der Waals surface area contributed by atoms with Gasteiger partial charge in [0.1, 0.15) is 18.0 Å². The lowest BCUT2D eigenvalue weighted by Gasteiger charge is -2.42. The van der Waals surface area contributed by atoms with E-state index in [1.807, 2.05) is 12.1 Å². The largest absolute Gasteiger partial charge is 0.493 e. The van der Waals surface area contributed by atoms with Crippen LogP contribution < -0.4 is 14.4 Å². The third-order valence-corrected chi connectivity index (χ3v) is 6.28. The zero-order valence-electron chi connectivity index (χ0n) is 16.4. The molecule has 0 radical (unpaired) electrons. The number of esters is 1. The Hall–Kier alpha value is -3.02. The summed E-state index contributed by atoms with van der Waals surface area (Å²) in [5.41, 5.74) is 2.42. The third kappa shape index (κ3) is 2.69. The Morgan fingerprint density at radius 1 is 1.24 bits per heavy atom. The lowest BCUT2D eigenvalue weighted by molar-refractivity contribution is 0.0221. The molecule has 0 saturated carbocycles. The van der Waals surface area contributed by atoms with Gasteiger partial charge in [-0.25, -0.2) is 9.18 Å². The Balaban J connectivity index is 1.44. The fraction of sp³-hybridized carbons (Fsp3) is 0.348. The van der Waals surface area contributed by atoms with Gasteiger partial charge in [-0.05, 0) is 48.9 Å². The second-order valence-corrected chi connectivity index (χ2v) is 7.85. The molecule has 2 aliphatic heterocycles. The van der Waals surface area contributed by atoms with Crippen LogP contribution in [-0.2, 0) is 10.2 Å². The van der Waals surface area contributed by atoms with Gasteiger partial charge >= 0.3 is 5.97 Å². The van der Waals surface area contributed by atoms with Gasteiger partial charge in [0.15, 0.2) is 11.5 Å². The highest BCUT2D eigenvalue weighted by Gasteiger charge is 2.54. The molecule has 0 fully saturated rings. The molecule has 1 aliphatic carbocycles. The van der Waals surface area contributed by atoms with Crippen LogP contribution >= 0.6 is 0 Å². The van der Waals surface area contributed by atoms with E-state index in [9.17, 15) is 9.18 Å². The molecule has 0 bridgehead atoms. The number of benzene rings is 2. The maximum Gasteiger partial charge on any atom is 0.338 e. The van der Waals surface area contributed by atoms with E-state index in [4.69, 9.17) is 14.2 Å². The Morgan fingerprint density at radius 3 is 2.79 bits per heavy atom. The molecule has 150 valence electrons. The van der Waals surface area contributed by atoms with Gasteiger partial charge in [0.2, 0.25) is 0 Å². The average Bonchev–Trinajstić information content (AvgIpc) is 3.07. The molecule has 1 unspecified atom stereocenters. The summed E-state index contributed by atoms with van der Waals surface area (Å²) in [6.07, 6.45) is 5.07. The molecule has 2 aromatic rings. The number of hydrogen-bond acceptors (Lipinski definition) is 5. The van der Waals surface area contributed by atoms with E-state index < -0.39 is 12.1 Å². The maximum absolute atomic E-state index is 13.1. The topological polar surface area (TPSA) is 48.0 Å². The summed E-state index contributed by atoms with van der Waals surface area (Å²) in [4.78, 5) is 14.7. The van der Waals surface area contributed by atoms with E-state index >= 15 is 0 Å². The predicted octanol–water partition coefficient (Wildman–Crippen LogP) is 3.86. The molecular formula is C23H22FNO4. The van der Waals surface area contributed by atoms with Gasteiger partial charge in [-0.2, -0.15) is 0 Å². The normalized spacial score (nSPS) is 26.4. The molecule has 5 rings (SSSR count). The van der Waals surface area contributed by atoms with Gasteiger partial charge in [0.05, 0.1) is 18.1 Å². The molecule has 0 aromatic heterocycles. The standard InChI is InChI=1S/C23H22FNO4/c1-25-12-11-23-10-9-16(28-22(26)14-3-5-15(24)6-4-14)13-19(23)29-21-18(27-2)8-7-17(25)20(21)23/h3-10,16,19H,11-13H2,1-2H3/t16-,19?,23-/m0/s1. The molecule has 2 aromatic carbocycles. The highest BCUT2D eigenvalue weighted by molar-refractivity contribution is 5.89. The summed E-state index contributed by atoms with van der Waals surface area (Å²) in [5.74, 6) is 0.663. The number of halogens is 1. The van der Waals surface area contributed by atoms with E-state index in [0.29, 0.717) is 12.0 Å². The minimum absolute atomic E-state index is 0.128. The van der Waals surface area contributed by atoms with Gasteiger partial charge in [-0.15, -0.1) is 0 Å². The van der Waals surface area contributed by atoms with Crippen LogP contribution in [0.3, 0.4) is 0 Å². The van der Waals surface area contributed by atoms with E-state index in [0.717, 1.165) is 35.7 Å². The molecule has 0 saturated heterocycles. The SMILES string of the molecule is COc1ccc2c3c1OC1C[C@@H](OC(=O)c4ccc(F)cc4)C=C[C@@]31CCN2C. The Morgan fingerprint density at radius 2 is 2.03 bits per heavy atom. The molecule has 3 atom stereocenters. The Kier molecular flexibility index (Phi) is 4.05. The van der Waals surface area contributed by atoms with Crippen molar-refractivity contribution in [1.29, 1.82) is 0 Å². The molecule has 1 spiro atoms.